The second-order valence-corrected chi connectivity index (χ2v) is 4.37. The number of carbonyl (C=O) groups excluding carboxylic acids is 1. The van der Waals surface area contributed by atoms with Crippen molar-refractivity contribution in [3.63, 3.8) is 0 Å². The van der Waals surface area contributed by atoms with Gasteiger partial charge in [0.2, 0.25) is 5.91 Å². The van der Waals surface area contributed by atoms with Crippen LogP contribution >= 0.6 is 0 Å². The van der Waals surface area contributed by atoms with Gasteiger partial charge >= 0.3 is 5.97 Å². The molecule has 0 radical (unpaired) electrons. The molecule has 0 spiro atoms. The van der Waals surface area contributed by atoms with E-state index in [0.29, 0.717) is 13.2 Å². The Labute approximate surface area is 112 Å². The number of benzene rings is 1. The van der Waals surface area contributed by atoms with E-state index in [1.807, 2.05) is 30.3 Å². The molecule has 0 aliphatic rings. The Morgan fingerprint density at radius 2 is 1.84 bits per heavy atom. The van der Waals surface area contributed by atoms with Crippen LogP contribution in [0.4, 0.5) is 0 Å². The number of nitrogens with one attached hydrogen (secondary N) is 1. The first-order valence-corrected chi connectivity index (χ1v) is 6.20. The van der Waals surface area contributed by atoms with Crippen molar-refractivity contribution in [2.24, 2.45) is 11.8 Å². The molecule has 1 rings (SSSR count). The Hall–Kier alpha value is -2.04. The summed E-state index contributed by atoms with van der Waals surface area (Å²) in [6, 6.07) is 9.28. The molecule has 5 heteroatoms. The third-order valence-corrected chi connectivity index (χ3v) is 2.97. The number of carbonyl (C=O) groups is 2. The highest BCUT2D eigenvalue weighted by Crippen LogP contribution is 2.11. The predicted molar refractivity (Wildman–Crippen MR) is 70.9 cm³/mol. The van der Waals surface area contributed by atoms with Gasteiger partial charge < -0.3 is 15.2 Å². The van der Waals surface area contributed by atoms with E-state index >= 15 is 0 Å². The molecular formula is C14H19NO4. The largest absolute Gasteiger partial charge is 0.492 e. The van der Waals surface area contributed by atoms with Crippen LogP contribution in [0, 0.1) is 11.8 Å². The van der Waals surface area contributed by atoms with Crippen LogP contribution < -0.4 is 10.1 Å². The zero-order valence-electron chi connectivity index (χ0n) is 11.1. The monoisotopic (exact) mass is 265 g/mol. The van der Waals surface area contributed by atoms with Crippen molar-refractivity contribution < 1.29 is 19.4 Å². The lowest BCUT2D eigenvalue weighted by Gasteiger charge is -2.15. The molecule has 2 N–H and O–H groups in total. The highest BCUT2D eigenvalue weighted by atomic mass is 16.5. The van der Waals surface area contributed by atoms with Gasteiger partial charge in [0.1, 0.15) is 12.4 Å². The fraction of sp³-hybridized carbons (Fsp3) is 0.429. The smallest absolute Gasteiger partial charge is 0.307 e. The average molecular weight is 265 g/mol. The molecule has 0 aliphatic heterocycles. The van der Waals surface area contributed by atoms with Gasteiger partial charge in [0.05, 0.1) is 12.5 Å². The molecule has 1 aromatic rings. The lowest BCUT2D eigenvalue weighted by molar-refractivity contribution is -0.146. The molecule has 0 bridgehead atoms. The summed E-state index contributed by atoms with van der Waals surface area (Å²) in [6.07, 6.45) is 0. The van der Waals surface area contributed by atoms with Crippen molar-refractivity contribution in [3.8, 4) is 5.75 Å². The van der Waals surface area contributed by atoms with Gasteiger partial charge in [-0.25, -0.2) is 0 Å². The molecule has 0 saturated heterocycles. The first kappa shape index (κ1) is 15.0. The molecule has 2 atom stereocenters. The maximum absolute atomic E-state index is 11.7. The van der Waals surface area contributed by atoms with E-state index < -0.39 is 17.8 Å². The second-order valence-electron chi connectivity index (χ2n) is 4.37. The van der Waals surface area contributed by atoms with Crippen molar-refractivity contribution >= 4 is 11.9 Å². The fourth-order valence-corrected chi connectivity index (χ4v) is 1.46. The Morgan fingerprint density at radius 3 is 2.42 bits per heavy atom. The third-order valence-electron chi connectivity index (χ3n) is 2.97. The van der Waals surface area contributed by atoms with Gasteiger partial charge in [-0.1, -0.05) is 32.0 Å². The lowest BCUT2D eigenvalue weighted by atomic mass is 9.95. The predicted octanol–water partition coefficient (Wildman–Crippen LogP) is 1.54. The normalized spacial score (nSPS) is 13.4. The van der Waals surface area contributed by atoms with E-state index in [1.54, 1.807) is 6.92 Å². The first-order valence-electron chi connectivity index (χ1n) is 6.20. The molecule has 0 heterocycles. The Morgan fingerprint density at radius 1 is 1.21 bits per heavy atom. The number of hydrogen-bond acceptors (Lipinski definition) is 3. The first-order chi connectivity index (χ1) is 9.02. The zero-order chi connectivity index (χ0) is 14.3. The lowest BCUT2D eigenvalue weighted by Crippen LogP contribution is -2.37. The SMILES string of the molecule is CC(C(=O)O)C(C)C(=O)NCCOc1ccccc1. The van der Waals surface area contributed by atoms with E-state index in [-0.39, 0.29) is 5.91 Å². The van der Waals surface area contributed by atoms with Crippen LogP contribution in [0.3, 0.4) is 0 Å². The summed E-state index contributed by atoms with van der Waals surface area (Å²) in [5.74, 6) is -1.76. The molecule has 0 fully saturated rings. The fourth-order valence-electron chi connectivity index (χ4n) is 1.46. The van der Waals surface area contributed by atoms with E-state index in [4.69, 9.17) is 9.84 Å². The van der Waals surface area contributed by atoms with Crippen molar-refractivity contribution in [3.05, 3.63) is 30.3 Å². The van der Waals surface area contributed by atoms with Gasteiger partial charge in [-0.3, -0.25) is 9.59 Å². The van der Waals surface area contributed by atoms with E-state index in [0.717, 1.165) is 5.75 Å². The number of aliphatic carboxylic acids is 1. The zero-order valence-corrected chi connectivity index (χ0v) is 11.1. The number of ether oxygens (including phenoxy) is 1. The quantitative estimate of drug-likeness (QED) is 0.733. The summed E-state index contributed by atoms with van der Waals surface area (Å²) in [5, 5.41) is 11.5. The summed E-state index contributed by atoms with van der Waals surface area (Å²) >= 11 is 0. The maximum atomic E-state index is 11.7. The van der Waals surface area contributed by atoms with Crippen LogP contribution in [-0.4, -0.2) is 30.1 Å². The molecular weight excluding hydrogens is 246 g/mol. The maximum Gasteiger partial charge on any atom is 0.307 e. The molecule has 0 aromatic heterocycles. The molecule has 1 amide bonds. The van der Waals surface area contributed by atoms with Gasteiger partial charge in [-0.2, -0.15) is 0 Å². The topological polar surface area (TPSA) is 75.6 Å². The van der Waals surface area contributed by atoms with Crippen LogP contribution in [0.25, 0.3) is 0 Å². The van der Waals surface area contributed by atoms with Crippen molar-refractivity contribution in [2.45, 2.75) is 13.8 Å². The third kappa shape index (κ3) is 4.99. The summed E-state index contributed by atoms with van der Waals surface area (Å²) in [5.41, 5.74) is 0. The Bertz CT molecular complexity index is 419. The van der Waals surface area contributed by atoms with Crippen LogP contribution in [-0.2, 0) is 9.59 Å². The van der Waals surface area contributed by atoms with Crippen molar-refractivity contribution in [2.75, 3.05) is 13.2 Å². The highest BCUT2D eigenvalue weighted by molar-refractivity contribution is 5.84. The Kier molecular flexibility index (Phi) is 5.85. The van der Waals surface area contributed by atoms with Crippen LogP contribution in [0.15, 0.2) is 30.3 Å². The van der Waals surface area contributed by atoms with Gasteiger partial charge in [-0.05, 0) is 12.1 Å². The molecule has 5 nitrogen and oxygen atoms in total. The van der Waals surface area contributed by atoms with Crippen molar-refractivity contribution in [1.82, 2.24) is 5.32 Å². The van der Waals surface area contributed by atoms with Gasteiger partial charge in [0, 0.05) is 5.92 Å². The minimum atomic E-state index is -0.969. The second kappa shape index (κ2) is 7.41. The standard InChI is InChI=1S/C14H19NO4/c1-10(11(2)14(17)18)13(16)15-8-9-19-12-6-4-3-5-7-12/h3-7,10-11H,8-9H2,1-2H3,(H,15,16)(H,17,18). The number of carboxylic acids is 1. The van der Waals surface area contributed by atoms with Crippen molar-refractivity contribution in [1.29, 1.82) is 0 Å². The minimum absolute atomic E-state index is 0.272. The molecule has 0 saturated carbocycles. The molecule has 1 aromatic carbocycles. The van der Waals surface area contributed by atoms with E-state index in [9.17, 15) is 9.59 Å². The molecule has 19 heavy (non-hydrogen) atoms. The number of rotatable bonds is 7. The van der Waals surface area contributed by atoms with E-state index in [2.05, 4.69) is 5.32 Å². The minimum Gasteiger partial charge on any atom is -0.492 e. The molecule has 104 valence electrons. The number of hydrogen-bond donors (Lipinski definition) is 2. The number of amides is 1. The van der Waals surface area contributed by atoms with Crippen LogP contribution in [0.5, 0.6) is 5.75 Å². The summed E-state index contributed by atoms with van der Waals surface area (Å²) in [7, 11) is 0. The number of carboxylic acid groups (broad SMARTS) is 1. The van der Waals surface area contributed by atoms with E-state index in [1.165, 1.54) is 6.92 Å². The van der Waals surface area contributed by atoms with Crippen LogP contribution in [0.1, 0.15) is 13.8 Å². The summed E-state index contributed by atoms with van der Waals surface area (Å²) in [6.45, 7) is 3.83. The molecule has 2 unspecified atom stereocenters. The average Bonchev–Trinajstić information content (AvgIpc) is 2.42. The van der Waals surface area contributed by atoms with Gasteiger partial charge in [-0.15, -0.1) is 0 Å². The molecule has 0 aliphatic carbocycles. The highest BCUT2D eigenvalue weighted by Gasteiger charge is 2.25. The Balaban J connectivity index is 2.26. The van der Waals surface area contributed by atoms with Gasteiger partial charge in [0.25, 0.3) is 0 Å². The van der Waals surface area contributed by atoms with Gasteiger partial charge in [0.15, 0.2) is 0 Å². The summed E-state index contributed by atoms with van der Waals surface area (Å²) in [4.78, 5) is 22.4. The van der Waals surface area contributed by atoms with Crippen LogP contribution in [0.2, 0.25) is 0 Å². The number of para-hydroxylation sites is 1. The summed E-state index contributed by atoms with van der Waals surface area (Å²) < 4.78 is 5.41.